The van der Waals surface area contributed by atoms with Gasteiger partial charge in [-0.1, -0.05) is 41.5 Å². The third kappa shape index (κ3) is 4.72. The van der Waals surface area contributed by atoms with Gasteiger partial charge in [0.15, 0.2) is 0 Å². The molecule has 0 aliphatic rings. The van der Waals surface area contributed by atoms with Crippen molar-refractivity contribution < 1.29 is 8.85 Å². The number of hydrogen-bond acceptors (Lipinski definition) is 2. The van der Waals surface area contributed by atoms with Crippen LogP contribution in [0.15, 0.2) is 0 Å². The van der Waals surface area contributed by atoms with E-state index in [4.69, 9.17) is 8.85 Å². The molecule has 0 saturated heterocycles. The lowest BCUT2D eigenvalue weighted by Crippen LogP contribution is -2.53. The van der Waals surface area contributed by atoms with Crippen LogP contribution in [0.1, 0.15) is 68.2 Å². The molecule has 0 aromatic heterocycles. The lowest BCUT2D eigenvalue weighted by atomic mass is 10.2. The first kappa shape index (κ1) is 17.1. The smallest absolute Gasteiger partial charge is 0.343 e. The molecule has 2 atom stereocenters. The highest BCUT2D eigenvalue weighted by atomic mass is 28.4. The van der Waals surface area contributed by atoms with Crippen molar-refractivity contribution in [1.29, 1.82) is 0 Å². The Balaban J connectivity index is 5.01. The van der Waals surface area contributed by atoms with Crippen molar-refractivity contribution in [2.24, 2.45) is 0 Å². The molecule has 0 aromatic rings. The molecular weight excluding hydrogens is 228 g/mol. The molecule has 2 unspecified atom stereocenters. The van der Waals surface area contributed by atoms with E-state index in [0.717, 1.165) is 18.9 Å². The molecule has 0 N–H and O–H groups in total. The second kappa shape index (κ2) is 6.91. The predicted octanol–water partition coefficient (Wildman–Crippen LogP) is 4.88. The molecule has 0 amide bonds. The highest BCUT2D eigenvalue weighted by Crippen LogP contribution is 2.42. The van der Waals surface area contributed by atoms with Gasteiger partial charge in [0.1, 0.15) is 0 Å². The van der Waals surface area contributed by atoms with Crippen molar-refractivity contribution in [3.63, 3.8) is 0 Å². The zero-order chi connectivity index (χ0) is 13.7. The van der Waals surface area contributed by atoms with Crippen LogP contribution in [-0.4, -0.2) is 20.8 Å². The van der Waals surface area contributed by atoms with Gasteiger partial charge in [-0.2, -0.15) is 0 Å². The average molecular weight is 260 g/mol. The van der Waals surface area contributed by atoms with Crippen LogP contribution >= 0.6 is 0 Å². The molecule has 0 spiro atoms. The third-order valence-corrected chi connectivity index (χ3v) is 8.32. The van der Waals surface area contributed by atoms with Crippen LogP contribution in [0.4, 0.5) is 0 Å². The van der Waals surface area contributed by atoms with Gasteiger partial charge in [0.05, 0.1) is 0 Å². The molecule has 0 radical (unpaired) electrons. The summed E-state index contributed by atoms with van der Waals surface area (Å²) in [5.74, 6) is 0. The van der Waals surface area contributed by atoms with Gasteiger partial charge in [-0.15, -0.1) is 0 Å². The highest BCUT2D eigenvalue weighted by Gasteiger charge is 2.49. The Labute approximate surface area is 109 Å². The van der Waals surface area contributed by atoms with E-state index in [0.29, 0.717) is 12.2 Å². The average Bonchev–Trinajstić information content (AvgIpc) is 2.25. The maximum absolute atomic E-state index is 6.39. The minimum absolute atomic E-state index is 0.120. The zero-order valence-corrected chi connectivity index (χ0v) is 14.1. The SMILES string of the molecule is CCC(C)O[Si](CC)(OC(C)CC)C(C)(C)C. The van der Waals surface area contributed by atoms with Gasteiger partial charge in [0.2, 0.25) is 0 Å². The van der Waals surface area contributed by atoms with Gasteiger partial charge >= 0.3 is 8.56 Å². The summed E-state index contributed by atoms with van der Waals surface area (Å²) in [6.07, 6.45) is 2.69. The summed E-state index contributed by atoms with van der Waals surface area (Å²) in [4.78, 5) is 0. The van der Waals surface area contributed by atoms with E-state index in [-0.39, 0.29) is 5.04 Å². The molecule has 2 nitrogen and oxygen atoms in total. The largest absolute Gasteiger partial charge is 0.391 e. The van der Waals surface area contributed by atoms with E-state index in [1.54, 1.807) is 0 Å². The molecule has 0 aliphatic heterocycles. The van der Waals surface area contributed by atoms with Crippen LogP contribution in [0.3, 0.4) is 0 Å². The molecule has 17 heavy (non-hydrogen) atoms. The number of rotatable bonds is 7. The second-order valence-corrected chi connectivity index (χ2v) is 10.2. The maximum Gasteiger partial charge on any atom is 0.343 e. The summed E-state index contributed by atoms with van der Waals surface area (Å²) in [6.45, 7) is 17.6. The van der Waals surface area contributed by atoms with E-state index in [1.807, 2.05) is 0 Å². The third-order valence-electron chi connectivity index (χ3n) is 3.54. The van der Waals surface area contributed by atoms with E-state index >= 15 is 0 Å². The molecule has 0 fully saturated rings. The summed E-state index contributed by atoms with van der Waals surface area (Å²) >= 11 is 0. The second-order valence-electron chi connectivity index (χ2n) is 6.03. The first-order valence-corrected chi connectivity index (χ1v) is 9.10. The Bertz CT molecular complexity index is 199. The fourth-order valence-corrected chi connectivity index (χ4v) is 5.68. The van der Waals surface area contributed by atoms with Crippen molar-refractivity contribution in [1.82, 2.24) is 0 Å². The van der Waals surface area contributed by atoms with Gasteiger partial charge in [0, 0.05) is 17.2 Å². The zero-order valence-electron chi connectivity index (χ0n) is 13.1. The molecule has 0 saturated carbocycles. The van der Waals surface area contributed by atoms with Gasteiger partial charge in [-0.05, 0) is 32.7 Å². The molecule has 0 heterocycles. The monoisotopic (exact) mass is 260 g/mol. The Morgan fingerprint density at radius 3 is 1.41 bits per heavy atom. The summed E-state index contributed by atoms with van der Waals surface area (Å²) < 4.78 is 12.8. The Morgan fingerprint density at radius 2 is 1.24 bits per heavy atom. The van der Waals surface area contributed by atoms with E-state index < -0.39 is 8.56 Å². The lowest BCUT2D eigenvalue weighted by Gasteiger charge is -2.43. The van der Waals surface area contributed by atoms with Crippen LogP contribution in [-0.2, 0) is 8.85 Å². The van der Waals surface area contributed by atoms with Crippen LogP contribution < -0.4 is 0 Å². The van der Waals surface area contributed by atoms with Crippen molar-refractivity contribution in [3.05, 3.63) is 0 Å². The minimum atomic E-state index is -2.14. The van der Waals surface area contributed by atoms with Gasteiger partial charge in [0.25, 0.3) is 0 Å². The fourth-order valence-electron chi connectivity index (χ4n) is 1.89. The highest BCUT2D eigenvalue weighted by molar-refractivity contribution is 6.70. The number of hydrogen-bond donors (Lipinski definition) is 0. The van der Waals surface area contributed by atoms with E-state index in [2.05, 4.69) is 55.4 Å². The Morgan fingerprint density at radius 1 is 0.882 bits per heavy atom. The Kier molecular flexibility index (Phi) is 6.96. The lowest BCUT2D eigenvalue weighted by molar-refractivity contribution is 0.0726. The van der Waals surface area contributed by atoms with Crippen LogP contribution in [0.2, 0.25) is 11.1 Å². The molecule has 0 aromatic carbocycles. The standard InChI is InChI=1S/C14H32O2Si/c1-9-12(4)15-17(11-3,14(6,7)8)16-13(5)10-2/h12-13H,9-11H2,1-8H3. The van der Waals surface area contributed by atoms with Crippen LogP contribution in [0, 0.1) is 0 Å². The summed E-state index contributed by atoms with van der Waals surface area (Å²) in [7, 11) is -2.14. The van der Waals surface area contributed by atoms with Crippen molar-refractivity contribution in [3.8, 4) is 0 Å². The molecule has 3 heteroatoms. The first-order valence-electron chi connectivity index (χ1n) is 7.08. The summed E-state index contributed by atoms with van der Waals surface area (Å²) in [5.41, 5.74) is 0. The normalized spacial score (nSPS) is 19.8. The predicted molar refractivity (Wildman–Crippen MR) is 77.6 cm³/mol. The molecule has 0 rings (SSSR count). The van der Waals surface area contributed by atoms with Gasteiger partial charge in [-0.3, -0.25) is 0 Å². The molecule has 104 valence electrons. The topological polar surface area (TPSA) is 18.5 Å². The van der Waals surface area contributed by atoms with Crippen molar-refractivity contribution >= 4 is 8.56 Å². The summed E-state index contributed by atoms with van der Waals surface area (Å²) in [5, 5.41) is 0.120. The fraction of sp³-hybridized carbons (Fsp3) is 1.00. The molecule has 0 aliphatic carbocycles. The Hall–Kier alpha value is 0.137. The molecular formula is C14H32O2Si. The summed E-state index contributed by atoms with van der Waals surface area (Å²) in [6, 6.07) is 1.02. The van der Waals surface area contributed by atoms with Gasteiger partial charge < -0.3 is 8.85 Å². The quantitative estimate of drug-likeness (QED) is 0.607. The molecule has 0 bridgehead atoms. The van der Waals surface area contributed by atoms with Crippen LogP contribution in [0.5, 0.6) is 0 Å². The van der Waals surface area contributed by atoms with E-state index in [1.165, 1.54) is 0 Å². The minimum Gasteiger partial charge on any atom is -0.391 e. The van der Waals surface area contributed by atoms with Crippen molar-refractivity contribution in [2.45, 2.75) is 91.5 Å². The van der Waals surface area contributed by atoms with Crippen LogP contribution in [0.25, 0.3) is 0 Å². The van der Waals surface area contributed by atoms with Crippen molar-refractivity contribution in [2.75, 3.05) is 0 Å². The first-order chi connectivity index (χ1) is 7.72. The van der Waals surface area contributed by atoms with E-state index in [9.17, 15) is 0 Å². The van der Waals surface area contributed by atoms with Gasteiger partial charge in [-0.25, -0.2) is 0 Å². The maximum atomic E-state index is 6.39.